The van der Waals surface area contributed by atoms with Crippen molar-refractivity contribution in [2.75, 3.05) is 6.67 Å². The molecular formula is C23H18Cl2N4. The molecule has 1 aliphatic heterocycles. The largest absolute Gasteiger partial charge is 0.336 e. The van der Waals surface area contributed by atoms with E-state index in [1.54, 1.807) is 0 Å². The Morgan fingerprint density at radius 1 is 0.621 bits per heavy atom. The summed E-state index contributed by atoms with van der Waals surface area (Å²) in [6, 6.07) is 24.4. The van der Waals surface area contributed by atoms with Crippen LogP contribution in [0, 0.1) is 0 Å². The second kappa shape index (κ2) is 7.54. The van der Waals surface area contributed by atoms with Crippen LogP contribution in [0.25, 0.3) is 21.8 Å². The summed E-state index contributed by atoms with van der Waals surface area (Å²) >= 11 is 13.1. The van der Waals surface area contributed by atoms with Crippen LogP contribution in [0.3, 0.4) is 0 Å². The smallest absolute Gasteiger partial charge is 0.142 e. The molecule has 5 rings (SSSR count). The molecule has 1 aliphatic rings. The van der Waals surface area contributed by atoms with Crippen molar-refractivity contribution in [1.82, 2.24) is 19.8 Å². The first-order valence-electron chi connectivity index (χ1n) is 9.42. The quantitative estimate of drug-likeness (QED) is 0.398. The van der Waals surface area contributed by atoms with Crippen LogP contribution >= 0.6 is 23.2 Å². The van der Waals surface area contributed by atoms with E-state index in [0.29, 0.717) is 30.1 Å². The van der Waals surface area contributed by atoms with E-state index in [1.807, 2.05) is 58.3 Å². The summed E-state index contributed by atoms with van der Waals surface area (Å²) in [5.41, 5.74) is 3.87. The van der Waals surface area contributed by atoms with E-state index in [4.69, 9.17) is 33.2 Å². The molecule has 0 bridgehead atoms. The number of hydrogen-bond acceptors (Lipinski definition) is 4. The minimum absolute atomic E-state index is 0.544. The summed E-state index contributed by atoms with van der Waals surface area (Å²) < 4.78 is 0. The lowest BCUT2D eigenvalue weighted by molar-refractivity contribution is 0.244. The SMILES string of the molecule is ClC1=C(Cl)N(Cc2ccc3ccccc3n2)CN1Cc1ccc2ccccc2n1. The average molecular weight is 421 g/mol. The molecule has 2 aromatic heterocycles. The van der Waals surface area contributed by atoms with Crippen LogP contribution in [0.5, 0.6) is 0 Å². The first-order chi connectivity index (χ1) is 14.2. The Balaban J connectivity index is 1.34. The fraction of sp³-hybridized carbons (Fsp3) is 0.130. The third-order valence-electron chi connectivity index (χ3n) is 5.08. The van der Waals surface area contributed by atoms with Gasteiger partial charge >= 0.3 is 0 Å². The predicted octanol–water partition coefficient (Wildman–Crippen LogP) is 5.66. The summed E-state index contributed by atoms with van der Waals surface area (Å²) in [5.74, 6) is 0. The maximum atomic E-state index is 6.54. The number of rotatable bonds is 4. The van der Waals surface area contributed by atoms with Crippen LogP contribution in [0.4, 0.5) is 0 Å². The minimum Gasteiger partial charge on any atom is -0.336 e. The van der Waals surface area contributed by atoms with Crippen molar-refractivity contribution in [3.63, 3.8) is 0 Å². The minimum atomic E-state index is 0.544. The Kier molecular flexibility index (Phi) is 4.74. The Labute approximate surface area is 179 Å². The molecule has 6 heteroatoms. The van der Waals surface area contributed by atoms with Gasteiger partial charge in [-0.05, 0) is 24.3 Å². The topological polar surface area (TPSA) is 32.3 Å². The molecule has 4 aromatic rings. The van der Waals surface area contributed by atoms with Gasteiger partial charge in [-0.3, -0.25) is 9.97 Å². The van der Waals surface area contributed by atoms with Crippen molar-refractivity contribution < 1.29 is 0 Å². The predicted molar refractivity (Wildman–Crippen MR) is 118 cm³/mol. The van der Waals surface area contributed by atoms with Crippen molar-refractivity contribution in [3.05, 3.63) is 94.5 Å². The number of aromatic nitrogens is 2. The van der Waals surface area contributed by atoms with E-state index in [9.17, 15) is 0 Å². The van der Waals surface area contributed by atoms with Crippen LogP contribution in [-0.2, 0) is 13.1 Å². The molecule has 29 heavy (non-hydrogen) atoms. The highest BCUT2D eigenvalue weighted by Gasteiger charge is 2.27. The summed E-state index contributed by atoms with van der Waals surface area (Å²) in [6.45, 7) is 1.80. The lowest BCUT2D eigenvalue weighted by atomic mass is 10.2. The van der Waals surface area contributed by atoms with Gasteiger partial charge in [-0.1, -0.05) is 71.7 Å². The molecule has 0 saturated heterocycles. The Morgan fingerprint density at radius 3 is 1.55 bits per heavy atom. The fourth-order valence-corrected chi connectivity index (χ4v) is 4.08. The number of para-hydroxylation sites is 2. The molecule has 3 heterocycles. The number of halogens is 2. The van der Waals surface area contributed by atoms with Gasteiger partial charge < -0.3 is 9.80 Å². The molecule has 4 nitrogen and oxygen atoms in total. The van der Waals surface area contributed by atoms with Gasteiger partial charge in [0.05, 0.1) is 42.2 Å². The van der Waals surface area contributed by atoms with Gasteiger partial charge in [0.2, 0.25) is 0 Å². The highest BCUT2D eigenvalue weighted by molar-refractivity contribution is 6.38. The maximum absolute atomic E-state index is 6.54. The van der Waals surface area contributed by atoms with Crippen molar-refractivity contribution in [2.45, 2.75) is 13.1 Å². The number of hydrogen-bond donors (Lipinski definition) is 0. The molecule has 0 fully saturated rings. The Bertz CT molecular complexity index is 1140. The fourth-order valence-electron chi connectivity index (χ4n) is 3.61. The van der Waals surface area contributed by atoms with Crippen LogP contribution in [0.1, 0.15) is 11.4 Å². The lowest BCUT2D eigenvalue weighted by Crippen LogP contribution is -2.27. The number of nitrogens with zero attached hydrogens (tertiary/aromatic N) is 4. The summed E-state index contributed by atoms with van der Waals surface area (Å²) in [7, 11) is 0. The third kappa shape index (κ3) is 3.61. The molecular weight excluding hydrogens is 403 g/mol. The molecule has 0 unspecified atom stereocenters. The van der Waals surface area contributed by atoms with Crippen LogP contribution in [0.2, 0.25) is 0 Å². The second-order valence-electron chi connectivity index (χ2n) is 7.11. The van der Waals surface area contributed by atoms with Gasteiger partial charge in [0, 0.05) is 10.8 Å². The van der Waals surface area contributed by atoms with E-state index in [0.717, 1.165) is 33.2 Å². The Hall–Kier alpha value is -2.82. The zero-order valence-corrected chi connectivity index (χ0v) is 17.1. The summed E-state index contributed by atoms with van der Waals surface area (Å²) in [4.78, 5) is 13.5. The van der Waals surface area contributed by atoms with Gasteiger partial charge in [0.1, 0.15) is 10.3 Å². The zero-order chi connectivity index (χ0) is 19.8. The van der Waals surface area contributed by atoms with E-state index < -0.39 is 0 Å². The number of fused-ring (bicyclic) bond motifs is 2. The van der Waals surface area contributed by atoms with Crippen molar-refractivity contribution in [1.29, 1.82) is 0 Å². The van der Waals surface area contributed by atoms with E-state index in [2.05, 4.69) is 24.3 Å². The van der Waals surface area contributed by atoms with Crippen LogP contribution < -0.4 is 0 Å². The lowest BCUT2D eigenvalue weighted by Gasteiger charge is -2.22. The molecule has 0 radical (unpaired) electrons. The van der Waals surface area contributed by atoms with Gasteiger partial charge in [-0.2, -0.15) is 0 Å². The Morgan fingerprint density at radius 2 is 1.07 bits per heavy atom. The van der Waals surface area contributed by atoms with Crippen LogP contribution in [-0.4, -0.2) is 26.4 Å². The number of pyridine rings is 2. The highest BCUT2D eigenvalue weighted by Crippen LogP contribution is 2.32. The molecule has 0 N–H and O–H groups in total. The molecule has 144 valence electrons. The zero-order valence-electron chi connectivity index (χ0n) is 15.6. The van der Waals surface area contributed by atoms with Crippen molar-refractivity contribution in [2.24, 2.45) is 0 Å². The highest BCUT2D eigenvalue weighted by atomic mass is 35.5. The molecule has 0 spiro atoms. The van der Waals surface area contributed by atoms with E-state index >= 15 is 0 Å². The molecule has 0 saturated carbocycles. The number of benzene rings is 2. The van der Waals surface area contributed by atoms with Gasteiger partial charge in [-0.25, -0.2) is 0 Å². The average Bonchev–Trinajstić information content (AvgIpc) is 3.01. The van der Waals surface area contributed by atoms with Crippen molar-refractivity contribution in [3.8, 4) is 0 Å². The molecule has 2 aromatic carbocycles. The van der Waals surface area contributed by atoms with E-state index in [1.165, 1.54) is 0 Å². The van der Waals surface area contributed by atoms with Gasteiger partial charge in [0.15, 0.2) is 0 Å². The standard InChI is InChI=1S/C23H18Cl2N4/c24-22-23(25)29(14-19-12-10-17-6-2-4-8-21(17)27-19)15-28(22)13-18-11-9-16-5-1-3-7-20(16)26-18/h1-12H,13-15H2. The monoisotopic (exact) mass is 420 g/mol. The molecule has 0 amide bonds. The summed E-state index contributed by atoms with van der Waals surface area (Å²) in [5, 5.41) is 3.34. The van der Waals surface area contributed by atoms with Crippen LogP contribution in [0.15, 0.2) is 83.1 Å². The second-order valence-corrected chi connectivity index (χ2v) is 7.83. The summed E-state index contributed by atoms with van der Waals surface area (Å²) in [6.07, 6.45) is 0. The third-order valence-corrected chi connectivity index (χ3v) is 6.02. The molecule has 0 aliphatic carbocycles. The molecule has 0 atom stereocenters. The van der Waals surface area contributed by atoms with E-state index in [-0.39, 0.29) is 0 Å². The first-order valence-corrected chi connectivity index (χ1v) is 10.2. The van der Waals surface area contributed by atoms with Gasteiger partial charge in [-0.15, -0.1) is 0 Å². The maximum Gasteiger partial charge on any atom is 0.142 e. The first kappa shape index (κ1) is 18.2. The van der Waals surface area contributed by atoms with Crippen molar-refractivity contribution >= 4 is 45.0 Å². The normalized spacial score (nSPS) is 14.4. The van der Waals surface area contributed by atoms with Gasteiger partial charge in [0.25, 0.3) is 0 Å².